The van der Waals surface area contributed by atoms with Crippen LogP contribution in [0.25, 0.3) is 11.3 Å². The molecule has 2 heterocycles. The lowest BCUT2D eigenvalue weighted by Gasteiger charge is -2.22. The van der Waals surface area contributed by atoms with Gasteiger partial charge in [0, 0.05) is 41.6 Å². The molecule has 0 unspecified atom stereocenters. The van der Waals surface area contributed by atoms with Crippen molar-refractivity contribution in [2.24, 2.45) is 0 Å². The Morgan fingerprint density at radius 2 is 1.97 bits per heavy atom. The fourth-order valence-corrected chi connectivity index (χ4v) is 3.80. The molecule has 2 aromatic heterocycles. The predicted octanol–water partition coefficient (Wildman–Crippen LogP) is 4.45. The van der Waals surface area contributed by atoms with Crippen LogP contribution in [-0.4, -0.2) is 33.4 Å². The summed E-state index contributed by atoms with van der Waals surface area (Å²) < 4.78 is 0. The van der Waals surface area contributed by atoms with E-state index in [-0.39, 0.29) is 5.91 Å². The van der Waals surface area contributed by atoms with Crippen molar-refractivity contribution in [3.63, 3.8) is 0 Å². The first-order chi connectivity index (χ1) is 15.2. The number of rotatable bonds is 7. The van der Waals surface area contributed by atoms with Crippen molar-refractivity contribution in [2.45, 2.75) is 45.1 Å². The molecule has 1 aliphatic rings. The second kappa shape index (κ2) is 10.1. The molecule has 0 spiro atoms. The number of pyridine rings is 1. The average Bonchev–Trinajstić information content (AvgIpc) is 2.81. The van der Waals surface area contributed by atoms with Crippen molar-refractivity contribution in [3.05, 3.63) is 60.6 Å². The Morgan fingerprint density at radius 1 is 1.10 bits per heavy atom. The summed E-state index contributed by atoms with van der Waals surface area (Å²) in [6.45, 7) is 2.33. The average molecular weight is 417 g/mol. The Balaban J connectivity index is 1.40. The van der Waals surface area contributed by atoms with Crippen molar-refractivity contribution in [2.75, 3.05) is 17.2 Å². The zero-order valence-corrected chi connectivity index (χ0v) is 17.8. The second-order valence-corrected chi connectivity index (χ2v) is 7.93. The van der Waals surface area contributed by atoms with Crippen molar-refractivity contribution < 1.29 is 4.79 Å². The van der Waals surface area contributed by atoms with E-state index in [1.807, 2.05) is 43.3 Å². The number of amides is 1. The van der Waals surface area contributed by atoms with Crippen LogP contribution in [0.5, 0.6) is 0 Å². The molecule has 1 saturated carbocycles. The summed E-state index contributed by atoms with van der Waals surface area (Å²) in [5.41, 5.74) is 4.35. The largest absolute Gasteiger partial charge is 0.325 e. The van der Waals surface area contributed by atoms with Crippen molar-refractivity contribution >= 4 is 23.2 Å². The molecule has 1 fully saturated rings. The van der Waals surface area contributed by atoms with E-state index in [1.165, 1.54) is 19.3 Å². The standard InChI is InChI=1S/C24H28N6O/c1-17-9-10-20(28-23(31)16-27-19-7-3-2-4-8-19)14-22(17)30-24-26-13-11-21(29-24)18-6-5-12-25-15-18/h5-6,9-15,19,27H,2-4,7-8,16H2,1H3,(H,28,31)(H,26,29,30). The van der Waals surface area contributed by atoms with Gasteiger partial charge in [0.25, 0.3) is 0 Å². The Kier molecular flexibility index (Phi) is 6.84. The highest BCUT2D eigenvalue weighted by Gasteiger charge is 2.14. The lowest BCUT2D eigenvalue weighted by atomic mass is 9.95. The van der Waals surface area contributed by atoms with Crippen molar-refractivity contribution in [1.82, 2.24) is 20.3 Å². The highest BCUT2D eigenvalue weighted by molar-refractivity contribution is 5.93. The van der Waals surface area contributed by atoms with E-state index in [0.29, 0.717) is 18.5 Å². The third-order valence-corrected chi connectivity index (χ3v) is 5.54. The monoisotopic (exact) mass is 416 g/mol. The summed E-state index contributed by atoms with van der Waals surface area (Å²) >= 11 is 0. The zero-order chi connectivity index (χ0) is 21.5. The maximum atomic E-state index is 12.4. The summed E-state index contributed by atoms with van der Waals surface area (Å²) in [7, 11) is 0. The maximum Gasteiger partial charge on any atom is 0.238 e. The molecule has 160 valence electrons. The lowest BCUT2D eigenvalue weighted by molar-refractivity contribution is -0.115. The number of aryl methyl sites for hydroxylation is 1. The second-order valence-electron chi connectivity index (χ2n) is 7.93. The third kappa shape index (κ3) is 5.86. The van der Waals surface area contributed by atoms with Gasteiger partial charge >= 0.3 is 0 Å². The molecule has 3 N–H and O–H groups in total. The Labute approximate surface area is 182 Å². The molecular weight excluding hydrogens is 388 g/mol. The number of anilines is 3. The number of carbonyl (C=O) groups is 1. The minimum Gasteiger partial charge on any atom is -0.325 e. The third-order valence-electron chi connectivity index (χ3n) is 5.54. The van der Waals surface area contributed by atoms with Gasteiger partial charge < -0.3 is 16.0 Å². The first-order valence-corrected chi connectivity index (χ1v) is 10.8. The van der Waals surface area contributed by atoms with E-state index >= 15 is 0 Å². The van der Waals surface area contributed by atoms with Crippen LogP contribution >= 0.6 is 0 Å². The molecule has 1 aliphatic carbocycles. The Bertz CT molecular complexity index is 1020. The molecule has 4 rings (SSSR count). The first kappa shape index (κ1) is 20.9. The zero-order valence-electron chi connectivity index (χ0n) is 17.8. The van der Waals surface area contributed by atoms with E-state index in [2.05, 4.69) is 30.9 Å². The van der Waals surface area contributed by atoms with Crippen LogP contribution in [0, 0.1) is 6.92 Å². The molecule has 0 atom stereocenters. The molecule has 0 radical (unpaired) electrons. The van der Waals surface area contributed by atoms with Gasteiger partial charge in [-0.3, -0.25) is 9.78 Å². The molecule has 3 aromatic rings. The molecule has 0 saturated heterocycles. The molecule has 7 nitrogen and oxygen atoms in total. The molecule has 0 aliphatic heterocycles. The van der Waals surface area contributed by atoms with Crippen LogP contribution in [0.3, 0.4) is 0 Å². The Hall–Kier alpha value is -3.32. The van der Waals surface area contributed by atoms with Gasteiger partial charge in [0.15, 0.2) is 0 Å². The van der Waals surface area contributed by atoms with Gasteiger partial charge in [-0.1, -0.05) is 25.3 Å². The van der Waals surface area contributed by atoms with E-state index in [0.717, 1.165) is 41.0 Å². The van der Waals surface area contributed by atoms with E-state index in [1.54, 1.807) is 18.6 Å². The van der Waals surface area contributed by atoms with Crippen LogP contribution in [0.4, 0.5) is 17.3 Å². The van der Waals surface area contributed by atoms with Crippen LogP contribution in [0.15, 0.2) is 55.0 Å². The summed E-state index contributed by atoms with van der Waals surface area (Å²) in [5, 5.41) is 9.63. The van der Waals surface area contributed by atoms with Gasteiger partial charge in [-0.2, -0.15) is 0 Å². The Morgan fingerprint density at radius 3 is 2.77 bits per heavy atom. The minimum absolute atomic E-state index is 0.0322. The van der Waals surface area contributed by atoms with Crippen molar-refractivity contribution in [1.29, 1.82) is 0 Å². The number of carbonyl (C=O) groups excluding carboxylic acids is 1. The van der Waals surface area contributed by atoms with Gasteiger partial charge in [0.1, 0.15) is 0 Å². The van der Waals surface area contributed by atoms with E-state index in [9.17, 15) is 4.79 Å². The number of nitrogens with zero attached hydrogens (tertiary/aromatic N) is 3. The van der Waals surface area contributed by atoms with Crippen LogP contribution in [0.2, 0.25) is 0 Å². The number of benzene rings is 1. The molecule has 31 heavy (non-hydrogen) atoms. The molecule has 1 amide bonds. The molecule has 0 bridgehead atoms. The summed E-state index contributed by atoms with van der Waals surface area (Å²) in [5.74, 6) is 0.460. The predicted molar refractivity (Wildman–Crippen MR) is 123 cm³/mol. The number of hydrogen-bond acceptors (Lipinski definition) is 6. The van der Waals surface area contributed by atoms with E-state index < -0.39 is 0 Å². The summed E-state index contributed by atoms with van der Waals surface area (Å²) in [4.78, 5) is 25.5. The van der Waals surface area contributed by atoms with E-state index in [4.69, 9.17) is 0 Å². The van der Waals surface area contributed by atoms with Gasteiger partial charge in [-0.25, -0.2) is 9.97 Å². The van der Waals surface area contributed by atoms with Gasteiger partial charge in [0.05, 0.1) is 12.2 Å². The minimum atomic E-state index is -0.0322. The van der Waals surface area contributed by atoms with Gasteiger partial charge in [-0.15, -0.1) is 0 Å². The van der Waals surface area contributed by atoms with Gasteiger partial charge in [0.2, 0.25) is 11.9 Å². The number of hydrogen-bond donors (Lipinski definition) is 3. The maximum absolute atomic E-state index is 12.4. The quantitative estimate of drug-likeness (QED) is 0.527. The van der Waals surface area contributed by atoms with Crippen LogP contribution < -0.4 is 16.0 Å². The fraction of sp³-hybridized carbons (Fsp3) is 0.333. The van der Waals surface area contributed by atoms with Crippen LogP contribution in [0.1, 0.15) is 37.7 Å². The molecule has 7 heteroatoms. The first-order valence-electron chi connectivity index (χ1n) is 10.8. The smallest absolute Gasteiger partial charge is 0.238 e. The molecular formula is C24H28N6O. The highest BCUT2D eigenvalue weighted by Crippen LogP contribution is 2.24. The summed E-state index contributed by atoms with van der Waals surface area (Å²) in [6.07, 6.45) is 11.3. The SMILES string of the molecule is Cc1ccc(NC(=O)CNC2CCCCC2)cc1Nc1nccc(-c2cccnc2)n1. The normalized spacial score (nSPS) is 14.2. The van der Waals surface area contributed by atoms with Crippen molar-refractivity contribution in [3.8, 4) is 11.3 Å². The fourth-order valence-electron chi connectivity index (χ4n) is 3.80. The number of aromatic nitrogens is 3. The van der Waals surface area contributed by atoms with Gasteiger partial charge in [-0.05, 0) is 55.7 Å². The highest BCUT2D eigenvalue weighted by atomic mass is 16.1. The number of nitrogens with one attached hydrogen (secondary N) is 3. The van der Waals surface area contributed by atoms with Crippen LogP contribution in [-0.2, 0) is 4.79 Å². The summed E-state index contributed by atoms with van der Waals surface area (Å²) in [6, 6.07) is 11.9. The topological polar surface area (TPSA) is 91.8 Å². The molecule has 1 aromatic carbocycles. The lowest BCUT2D eigenvalue weighted by Crippen LogP contribution is -2.37.